The summed E-state index contributed by atoms with van der Waals surface area (Å²) in [6, 6.07) is 0. The highest BCUT2D eigenvalue weighted by molar-refractivity contribution is 4.85. The van der Waals surface area contributed by atoms with Crippen LogP contribution in [0.1, 0.15) is 58.8 Å². The molecule has 1 saturated heterocycles. The topological polar surface area (TPSA) is 23.5 Å². The molecule has 2 nitrogen and oxygen atoms in total. The second kappa shape index (κ2) is 6.49. The molecule has 2 heteroatoms. The maximum absolute atomic E-state index is 10.3. The van der Waals surface area contributed by atoms with Gasteiger partial charge in [0.15, 0.2) is 0 Å². The van der Waals surface area contributed by atoms with Crippen molar-refractivity contribution in [1.82, 2.24) is 4.90 Å². The molecule has 0 aliphatic carbocycles. The van der Waals surface area contributed by atoms with Crippen LogP contribution in [0.15, 0.2) is 0 Å². The molecule has 1 aliphatic heterocycles. The third kappa shape index (κ3) is 4.52. The van der Waals surface area contributed by atoms with Gasteiger partial charge >= 0.3 is 0 Å². The SMILES string of the molecule is CCCCN1CCC(O)(CCCC)CC1. The number of rotatable bonds is 6. The zero-order valence-corrected chi connectivity index (χ0v) is 10.5. The van der Waals surface area contributed by atoms with Crippen molar-refractivity contribution in [3.8, 4) is 0 Å². The van der Waals surface area contributed by atoms with Gasteiger partial charge in [0.1, 0.15) is 0 Å². The predicted molar refractivity (Wildman–Crippen MR) is 65.1 cm³/mol. The van der Waals surface area contributed by atoms with Crippen LogP contribution in [0.5, 0.6) is 0 Å². The van der Waals surface area contributed by atoms with E-state index in [2.05, 4.69) is 18.7 Å². The summed E-state index contributed by atoms with van der Waals surface area (Å²) in [5, 5.41) is 10.3. The highest BCUT2D eigenvalue weighted by Gasteiger charge is 2.30. The van der Waals surface area contributed by atoms with Gasteiger partial charge in [0.05, 0.1) is 5.60 Å². The first kappa shape index (κ1) is 13.0. The summed E-state index contributed by atoms with van der Waals surface area (Å²) in [4.78, 5) is 2.50. The van der Waals surface area contributed by atoms with Gasteiger partial charge in [-0.05, 0) is 32.2 Å². The number of hydrogen-bond acceptors (Lipinski definition) is 2. The highest BCUT2D eigenvalue weighted by atomic mass is 16.3. The lowest BCUT2D eigenvalue weighted by Crippen LogP contribution is -2.44. The van der Waals surface area contributed by atoms with Gasteiger partial charge in [-0.15, -0.1) is 0 Å². The molecule has 0 saturated carbocycles. The Morgan fingerprint density at radius 3 is 2.20 bits per heavy atom. The molecule has 1 N–H and O–H groups in total. The smallest absolute Gasteiger partial charge is 0.0672 e. The number of nitrogens with zero attached hydrogens (tertiary/aromatic N) is 1. The minimum absolute atomic E-state index is 0.335. The maximum atomic E-state index is 10.3. The van der Waals surface area contributed by atoms with E-state index in [0.717, 1.165) is 32.4 Å². The minimum Gasteiger partial charge on any atom is -0.390 e. The van der Waals surface area contributed by atoms with Crippen LogP contribution >= 0.6 is 0 Å². The summed E-state index contributed by atoms with van der Waals surface area (Å²) in [7, 11) is 0. The molecule has 1 rings (SSSR count). The monoisotopic (exact) mass is 213 g/mol. The minimum atomic E-state index is -0.335. The Bertz CT molecular complexity index is 162. The van der Waals surface area contributed by atoms with Crippen molar-refractivity contribution < 1.29 is 5.11 Å². The Labute approximate surface area is 94.7 Å². The summed E-state index contributed by atoms with van der Waals surface area (Å²) in [6.45, 7) is 7.85. The summed E-state index contributed by atoms with van der Waals surface area (Å²) in [5.41, 5.74) is -0.335. The number of unbranched alkanes of at least 4 members (excludes halogenated alkanes) is 2. The van der Waals surface area contributed by atoms with Crippen molar-refractivity contribution >= 4 is 0 Å². The molecule has 15 heavy (non-hydrogen) atoms. The highest BCUT2D eigenvalue weighted by Crippen LogP contribution is 2.27. The van der Waals surface area contributed by atoms with Crippen LogP contribution in [0, 0.1) is 0 Å². The van der Waals surface area contributed by atoms with E-state index in [1.165, 1.54) is 32.2 Å². The Hall–Kier alpha value is -0.0800. The fraction of sp³-hybridized carbons (Fsp3) is 1.00. The van der Waals surface area contributed by atoms with Gasteiger partial charge in [0.2, 0.25) is 0 Å². The zero-order chi connectivity index (χ0) is 11.1. The molecule has 0 bridgehead atoms. The first-order chi connectivity index (χ1) is 7.20. The predicted octanol–water partition coefficient (Wildman–Crippen LogP) is 2.80. The van der Waals surface area contributed by atoms with Crippen molar-refractivity contribution in [2.24, 2.45) is 0 Å². The molecule has 0 radical (unpaired) electrons. The third-order valence-corrected chi connectivity index (χ3v) is 3.61. The third-order valence-electron chi connectivity index (χ3n) is 3.61. The average molecular weight is 213 g/mol. The van der Waals surface area contributed by atoms with Gasteiger partial charge in [0.25, 0.3) is 0 Å². The molecule has 0 amide bonds. The molecule has 1 aliphatic rings. The second-order valence-electron chi connectivity index (χ2n) is 5.02. The van der Waals surface area contributed by atoms with Crippen molar-refractivity contribution in [2.75, 3.05) is 19.6 Å². The number of likely N-dealkylation sites (tertiary alicyclic amines) is 1. The van der Waals surface area contributed by atoms with Crippen LogP contribution in [0.25, 0.3) is 0 Å². The van der Waals surface area contributed by atoms with Gasteiger partial charge in [-0.3, -0.25) is 0 Å². The van der Waals surface area contributed by atoms with E-state index in [4.69, 9.17) is 0 Å². The van der Waals surface area contributed by atoms with Crippen LogP contribution in [0.2, 0.25) is 0 Å². The molecule has 90 valence electrons. The lowest BCUT2D eigenvalue weighted by molar-refractivity contribution is -0.0291. The van der Waals surface area contributed by atoms with Gasteiger partial charge in [-0.25, -0.2) is 0 Å². The van der Waals surface area contributed by atoms with Crippen LogP contribution in [-0.4, -0.2) is 35.2 Å². The molecule has 0 unspecified atom stereocenters. The molecule has 0 aromatic rings. The summed E-state index contributed by atoms with van der Waals surface area (Å²) < 4.78 is 0. The number of hydrogen-bond donors (Lipinski definition) is 1. The quantitative estimate of drug-likeness (QED) is 0.733. The Kier molecular flexibility index (Phi) is 5.62. The molecular formula is C13H27NO. The molecule has 0 spiro atoms. The van der Waals surface area contributed by atoms with Crippen LogP contribution in [0.3, 0.4) is 0 Å². The lowest BCUT2D eigenvalue weighted by Gasteiger charge is -2.38. The standard InChI is InChI=1S/C13H27NO/c1-3-5-7-13(15)8-11-14(12-9-13)10-6-4-2/h15H,3-12H2,1-2H3. The molecule has 0 aromatic carbocycles. The Balaban J connectivity index is 2.21. The van der Waals surface area contributed by atoms with Gasteiger partial charge in [-0.1, -0.05) is 33.1 Å². The van der Waals surface area contributed by atoms with Crippen LogP contribution in [0.4, 0.5) is 0 Å². The molecular weight excluding hydrogens is 186 g/mol. The summed E-state index contributed by atoms with van der Waals surface area (Å²) in [6.07, 6.45) is 7.91. The van der Waals surface area contributed by atoms with Crippen molar-refractivity contribution in [1.29, 1.82) is 0 Å². The van der Waals surface area contributed by atoms with Crippen molar-refractivity contribution in [3.05, 3.63) is 0 Å². The normalized spacial score (nSPS) is 21.8. The Morgan fingerprint density at radius 1 is 1.07 bits per heavy atom. The fourth-order valence-corrected chi connectivity index (χ4v) is 2.33. The van der Waals surface area contributed by atoms with Gasteiger partial charge < -0.3 is 10.0 Å². The van der Waals surface area contributed by atoms with E-state index in [0.29, 0.717) is 0 Å². The van der Waals surface area contributed by atoms with E-state index in [1.54, 1.807) is 0 Å². The second-order valence-corrected chi connectivity index (χ2v) is 5.02. The van der Waals surface area contributed by atoms with E-state index in [1.807, 2.05) is 0 Å². The van der Waals surface area contributed by atoms with Gasteiger partial charge in [0, 0.05) is 13.1 Å². The molecule has 1 heterocycles. The van der Waals surface area contributed by atoms with E-state index in [9.17, 15) is 5.11 Å². The van der Waals surface area contributed by atoms with E-state index < -0.39 is 0 Å². The first-order valence-electron chi connectivity index (χ1n) is 6.65. The average Bonchev–Trinajstić information content (AvgIpc) is 2.26. The van der Waals surface area contributed by atoms with Crippen LogP contribution < -0.4 is 0 Å². The molecule has 0 aromatic heterocycles. The van der Waals surface area contributed by atoms with E-state index >= 15 is 0 Å². The largest absolute Gasteiger partial charge is 0.390 e. The number of piperidine rings is 1. The van der Waals surface area contributed by atoms with Gasteiger partial charge in [-0.2, -0.15) is 0 Å². The first-order valence-corrected chi connectivity index (χ1v) is 6.65. The van der Waals surface area contributed by atoms with Crippen LogP contribution in [-0.2, 0) is 0 Å². The molecule has 0 atom stereocenters. The zero-order valence-electron chi connectivity index (χ0n) is 10.5. The summed E-state index contributed by atoms with van der Waals surface area (Å²) >= 11 is 0. The van der Waals surface area contributed by atoms with Crippen molar-refractivity contribution in [3.63, 3.8) is 0 Å². The lowest BCUT2D eigenvalue weighted by atomic mass is 9.86. The maximum Gasteiger partial charge on any atom is 0.0672 e. The number of aliphatic hydroxyl groups is 1. The Morgan fingerprint density at radius 2 is 1.67 bits per heavy atom. The summed E-state index contributed by atoms with van der Waals surface area (Å²) in [5.74, 6) is 0. The van der Waals surface area contributed by atoms with E-state index in [-0.39, 0.29) is 5.60 Å². The fourth-order valence-electron chi connectivity index (χ4n) is 2.33. The molecule has 1 fully saturated rings. The van der Waals surface area contributed by atoms with Crippen molar-refractivity contribution in [2.45, 2.75) is 64.4 Å².